The maximum atomic E-state index is 12.0. The minimum absolute atomic E-state index is 0.563. The molecule has 0 aliphatic carbocycles. The molecule has 1 aromatic rings. The largest absolute Gasteiger partial charge is 0.573 e. The summed E-state index contributed by atoms with van der Waals surface area (Å²) in [5, 5.41) is 0. The maximum Gasteiger partial charge on any atom is 0.573 e. The zero-order valence-electron chi connectivity index (χ0n) is 8.50. The molecule has 0 atom stereocenters. The normalized spacial score (nSPS) is 11.4. The number of rotatable bonds is 4. The lowest BCUT2D eigenvalue weighted by Gasteiger charge is -2.12. The third-order valence-corrected chi connectivity index (χ3v) is 1.67. The van der Waals surface area contributed by atoms with Gasteiger partial charge in [-0.3, -0.25) is 4.79 Å². The fraction of sp³-hybridized carbons (Fsp3) is 0.222. The second kappa shape index (κ2) is 5.07. The van der Waals surface area contributed by atoms with Gasteiger partial charge in [-0.05, 0) is 18.2 Å². The van der Waals surface area contributed by atoms with Crippen molar-refractivity contribution in [2.45, 2.75) is 13.0 Å². The molecule has 0 bridgehead atoms. The first-order chi connectivity index (χ1) is 8.19. The van der Waals surface area contributed by atoms with Crippen molar-refractivity contribution in [3.05, 3.63) is 23.8 Å². The average Bonchev–Trinajstić information content (AvgIpc) is 2.17. The Balaban J connectivity index is 3.07. The minimum atomic E-state index is -4.97. The Kier molecular flexibility index (Phi) is 3.94. The molecule has 4 nitrogen and oxygen atoms in total. The maximum absolute atomic E-state index is 12.0. The van der Waals surface area contributed by atoms with E-state index in [9.17, 15) is 26.7 Å². The smallest absolute Gasteiger partial charge is 0.434 e. The monoisotopic (exact) mass is 271 g/mol. The van der Waals surface area contributed by atoms with Crippen LogP contribution in [0, 0.1) is 0 Å². The molecule has 0 aliphatic rings. The second-order valence-corrected chi connectivity index (χ2v) is 2.95. The summed E-state index contributed by atoms with van der Waals surface area (Å²) >= 11 is 0. The molecule has 0 fully saturated rings. The Morgan fingerprint density at radius 1 is 1.28 bits per heavy atom. The van der Waals surface area contributed by atoms with Gasteiger partial charge in [-0.1, -0.05) is 0 Å². The van der Waals surface area contributed by atoms with Crippen LogP contribution in [0.2, 0.25) is 0 Å². The summed E-state index contributed by atoms with van der Waals surface area (Å²) in [6, 6.07) is 2.01. The summed E-state index contributed by atoms with van der Waals surface area (Å²) in [6.45, 7) is -3.24. The van der Waals surface area contributed by atoms with E-state index >= 15 is 0 Å². The van der Waals surface area contributed by atoms with Crippen LogP contribution < -0.4 is 15.2 Å². The van der Waals surface area contributed by atoms with Crippen molar-refractivity contribution in [3.8, 4) is 11.5 Å². The highest BCUT2D eigenvalue weighted by Crippen LogP contribution is 2.29. The van der Waals surface area contributed by atoms with Crippen molar-refractivity contribution < 1.29 is 36.2 Å². The number of ether oxygens (including phenoxy) is 2. The Labute approximate surface area is 97.1 Å². The number of hydrogen-bond donors (Lipinski definition) is 1. The highest BCUT2D eigenvalue weighted by atomic mass is 19.4. The molecule has 0 aliphatic heterocycles. The lowest BCUT2D eigenvalue weighted by molar-refractivity contribution is -0.274. The molecular formula is C9H6F5NO3. The molecule has 0 heterocycles. The summed E-state index contributed by atoms with van der Waals surface area (Å²) in [5.41, 5.74) is 4.18. The van der Waals surface area contributed by atoms with E-state index in [0.717, 1.165) is 12.1 Å². The van der Waals surface area contributed by atoms with Crippen LogP contribution in [-0.4, -0.2) is 18.9 Å². The Bertz CT molecular complexity index is 446. The van der Waals surface area contributed by atoms with Crippen LogP contribution in [0.15, 0.2) is 18.2 Å². The van der Waals surface area contributed by atoms with E-state index in [0.29, 0.717) is 6.07 Å². The van der Waals surface area contributed by atoms with Crippen LogP contribution in [0.5, 0.6) is 11.5 Å². The first-order valence-corrected chi connectivity index (χ1v) is 4.33. The molecule has 0 unspecified atom stereocenters. The van der Waals surface area contributed by atoms with Crippen LogP contribution in [0.4, 0.5) is 22.0 Å². The number of amides is 1. The van der Waals surface area contributed by atoms with Crippen LogP contribution in [0.25, 0.3) is 0 Å². The van der Waals surface area contributed by atoms with E-state index in [1.807, 2.05) is 0 Å². The van der Waals surface area contributed by atoms with Crippen molar-refractivity contribution in [3.63, 3.8) is 0 Å². The van der Waals surface area contributed by atoms with Gasteiger partial charge in [0.05, 0.1) is 5.56 Å². The van der Waals surface area contributed by atoms with E-state index in [4.69, 9.17) is 5.73 Å². The van der Waals surface area contributed by atoms with Gasteiger partial charge in [0.1, 0.15) is 11.5 Å². The third-order valence-electron chi connectivity index (χ3n) is 1.67. The van der Waals surface area contributed by atoms with Crippen molar-refractivity contribution in [1.82, 2.24) is 0 Å². The topological polar surface area (TPSA) is 61.6 Å². The second-order valence-electron chi connectivity index (χ2n) is 2.95. The van der Waals surface area contributed by atoms with Gasteiger partial charge >= 0.3 is 13.0 Å². The fourth-order valence-corrected chi connectivity index (χ4v) is 1.10. The van der Waals surface area contributed by atoms with Gasteiger partial charge in [0.2, 0.25) is 0 Å². The van der Waals surface area contributed by atoms with E-state index in [-0.39, 0.29) is 0 Å². The van der Waals surface area contributed by atoms with Gasteiger partial charge < -0.3 is 15.2 Å². The van der Waals surface area contributed by atoms with Crippen LogP contribution in [0.3, 0.4) is 0 Å². The van der Waals surface area contributed by atoms with Crippen LogP contribution in [0.1, 0.15) is 10.4 Å². The van der Waals surface area contributed by atoms with E-state index in [2.05, 4.69) is 9.47 Å². The van der Waals surface area contributed by atoms with Crippen LogP contribution >= 0.6 is 0 Å². The molecule has 2 N–H and O–H groups in total. The van der Waals surface area contributed by atoms with Gasteiger partial charge in [-0.25, -0.2) is 0 Å². The number of halogens is 5. The zero-order valence-corrected chi connectivity index (χ0v) is 8.50. The van der Waals surface area contributed by atoms with Gasteiger partial charge in [0.25, 0.3) is 5.91 Å². The molecule has 1 rings (SSSR count). The minimum Gasteiger partial charge on any atom is -0.434 e. The summed E-state index contributed by atoms with van der Waals surface area (Å²) in [6.07, 6.45) is -4.97. The van der Waals surface area contributed by atoms with Gasteiger partial charge in [0.15, 0.2) is 0 Å². The van der Waals surface area contributed by atoms with Crippen molar-refractivity contribution in [2.24, 2.45) is 5.73 Å². The molecule has 0 aromatic heterocycles. The summed E-state index contributed by atoms with van der Waals surface area (Å²) < 4.78 is 67.0. The first kappa shape index (κ1) is 14.0. The number of hydrogen-bond acceptors (Lipinski definition) is 3. The highest BCUT2D eigenvalue weighted by Gasteiger charge is 2.31. The Morgan fingerprint density at radius 3 is 2.33 bits per heavy atom. The zero-order chi connectivity index (χ0) is 13.9. The molecule has 1 aromatic carbocycles. The molecule has 0 spiro atoms. The Hall–Kier alpha value is -2.06. The number of alkyl halides is 5. The van der Waals surface area contributed by atoms with Crippen molar-refractivity contribution >= 4 is 5.91 Å². The lowest BCUT2D eigenvalue weighted by Crippen LogP contribution is -2.19. The van der Waals surface area contributed by atoms with E-state index in [1.165, 1.54) is 0 Å². The summed E-state index contributed by atoms with van der Waals surface area (Å²) in [7, 11) is 0. The molecule has 0 radical (unpaired) electrons. The first-order valence-electron chi connectivity index (χ1n) is 4.33. The number of carbonyl (C=O) groups is 1. The fourth-order valence-electron chi connectivity index (χ4n) is 1.10. The van der Waals surface area contributed by atoms with Crippen molar-refractivity contribution in [2.75, 3.05) is 0 Å². The van der Waals surface area contributed by atoms with Crippen molar-refractivity contribution in [1.29, 1.82) is 0 Å². The number of carbonyl (C=O) groups excluding carboxylic acids is 1. The number of nitrogens with two attached hydrogens (primary N) is 1. The summed E-state index contributed by atoms with van der Waals surface area (Å²) in [5.74, 6) is -2.62. The molecule has 0 saturated carbocycles. The molecule has 100 valence electrons. The molecule has 9 heteroatoms. The predicted molar refractivity (Wildman–Crippen MR) is 48.3 cm³/mol. The van der Waals surface area contributed by atoms with Gasteiger partial charge in [-0.2, -0.15) is 8.78 Å². The highest BCUT2D eigenvalue weighted by molar-refractivity contribution is 5.96. The number of primary amides is 1. The SMILES string of the molecule is NC(=O)c1cc(OC(F)(F)F)ccc1OC(F)F. The van der Waals surface area contributed by atoms with E-state index < -0.39 is 35.9 Å². The third kappa shape index (κ3) is 4.07. The number of benzene rings is 1. The standard InChI is InChI=1S/C9H6F5NO3/c10-8(11)17-6-2-1-4(18-9(12,13)14)3-5(6)7(15)16/h1-3,8H,(H2,15,16). The lowest BCUT2D eigenvalue weighted by atomic mass is 10.2. The van der Waals surface area contributed by atoms with E-state index in [1.54, 1.807) is 0 Å². The summed E-state index contributed by atoms with van der Waals surface area (Å²) in [4.78, 5) is 10.9. The quantitative estimate of drug-likeness (QED) is 0.854. The van der Waals surface area contributed by atoms with Gasteiger partial charge in [0, 0.05) is 0 Å². The molecule has 0 saturated heterocycles. The molecule has 18 heavy (non-hydrogen) atoms. The Morgan fingerprint density at radius 2 is 1.89 bits per heavy atom. The molecular weight excluding hydrogens is 265 g/mol. The average molecular weight is 271 g/mol. The molecule has 1 amide bonds. The predicted octanol–water partition coefficient (Wildman–Crippen LogP) is 2.29. The van der Waals surface area contributed by atoms with Gasteiger partial charge in [-0.15, -0.1) is 13.2 Å². The van der Waals surface area contributed by atoms with Crippen LogP contribution in [-0.2, 0) is 0 Å².